The fourth-order valence-electron chi connectivity index (χ4n) is 3.48. The van der Waals surface area contributed by atoms with Gasteiger partial charge in [-0.05, 0) is 48.6 Å². The number of anilines is 2. The van der Waals surface area contributed by atoms with Gasteiger partial charge >= 0.3 is 0 Å². The first-order valence-corrected chi connectivity index (χ1v) is 10.6. The van der Waals surface area contributed by atoms with Crippen molar-refractivity contribution in [2.45, 2.75) is 38.5 Å². The van der Waals surface area contributed by atoms with Crippen LogP contribution in [0.15, 0.2) is 54.6 Å². The van der Waals surface area contributed by atoms with Gasteiger partial charge in [-0.3, -0.25) is 14.9 Å². The van der Waals surface area contributed by atoms with Crippen molar-refractivity contribution < 1.29 is 9.59 Å². The number of nitrogens with zero attached hydrogens (tertiary/aromatic N) is 1. The molecule has 0 bridgehead atoms. The molecule has 0 saturated heterocycles. The van der Waals surface area contributed by atoms with Crippen molar-refractivity contribution in [1.29, 1.82) is 0 Å². The van der Waals surface area contributed by atoms with E-state index < -0.39 is 0 Å². The normalized spacial score (nSPS) is 15.2. The van der Waals surface area contributed by atoms with E-state index in [4.69, 9.17) is 0 Å². The molecular weight excluding hydrogens is 382 g/mol. The largest absolute Gasteiger partial charge is 0.326 e. The van der Waals surface area contributed by atoms with Gasteiger partial charge in [-0.15, -0.1) is 11.3 Å². The minimum absolute atomic E-state index is 0.0488. The smallest absolute Gasteiger partial charge is 0.257 e. The van der Waals surface area contributed by atoms with Gasteiger partial charge in [-0.2, -0.15) is 0 Å². The van der Waals surface area contributed by atoms with Gasteiger partial charge in [0.15, 0.2) is 5.13 Å². The molecule has 2 aromatic carbocycles. The van der Waals surface area contributed by atoms with Crippen LogP contribution in [0.25, 0.3) is 0 Å². The van der Waals surface area contributed by atoms with E-state index in [-0.39, 0.29) is 17.7 Å². The maximum Gasteiger partial charge on any atom is 0.257 e. The molecular formula is C23H23N3O2S. The summed E-state index contributed by atoms with van der Waals surface area (Å²) in [5, 5.41) is 6.40. The lowest BCUT2D eigenvalue weighted by Gasteiger charge is -2.12. The van der Waals surface area contributed by atoms with Gasteiger partial charge in [0.05, 0.1) is 11.6 Å². The quantitative estimate of drug-likeness (QED) is 0.614. The first kappa shape index (κ1) is 19.3. The van der Waals surface area contributed by atoms with Crippen LogP contribution in [0.2, 0.25) is 0 Å². The second kappa shape index (κ2) is 8.17. The summed E-state index contributed by atoms with van der Waals surface area (Å²) in [7, 11) is 0. The van der Waals surface area contributed by atoms with Crippen LogP contribution in [0.1, 0.15) is 58.6 Å². The van der Waals surface area contributed by atoms with Crippen molar-refractivity contribution in [1.82, 2.24) is 4.98 Å². The van der Waals surface area contributed by atoms with E-state index in [2.05, 4.69) is 29.5 Å². The fraction of sp³-hybridized carbons (Fsp3) is 0.261. The van der Waals surface area contributed by atoms with E-state index in [1.165, 1.54) is 16.9 Å². The molecule has 4 rings (SSSR count). The summed E-state index contributed by atoms with van der Waals surface area (Å²) in [6.45, 7) is 4.29. The number of fused-ring (bicyclic) bond motifs is 1. The highest BCUT2D eigenvalue weighted by atomic mass is 32.1. The minimum atomic E-state index is -0.284. The summed E-state index contributed by atoms with van der Waals surface area (Å²) in [5.41, 5.74) is 3.40. The summed E-state index contributed by atoms with van der Waals surface area (Å²) in [6, 6.07) is 17.0. The average Bonchev–Trinajstić information content (AvgIpc) is 3.29. The second-order valence-corrected chi connectivity index (χ2v) is 8.59. The van der Waals surface area contributed by atoms with Gasteiger partial charge < -0.3 is 5.32 Å². The number of carbonyl (C=O) groups excluding carboxylic acids is 2. The molecule has 0 spiro atoms. The van der Waals surface area contributed by atoms with Crippen LogP contribution in [-0.2, 0) is 11.2 Å². The molecule has 6 heteroatoms. The first-order valence-electron chi connectivity index (χ1n) is 9.78. The lowest BCUT2D eigenvalue weighted by molar-refractivity contribution is -0.117. The van der Waals surface area contributed by atoms with Crippen molar-refractivity contribution in [2.24, 2.45) is 0 Å². The highest BCUT2D eigenvalue weighted by molar-refractivity contribution is 7.16. The van der Waals surface area contributed by atoms with E-state index in [9.17, 15) is 9.59 Å². The molecule has 2 N–H and O–H groups in total. The lowest BCUT2D eigenvalue weighted by Crippen LogP contribution is -2.20. The Bertz CT molecular complexity index is 1030. The number of rotatable bonds is 5. The zero-order chi connectivity index (χ0) is 20.4. The Morgan fingerprint density at radius 1 is 1.03 bits per heavy atom. The molecule has 148 valence electrons. The van der Waals surface area contributed by atoms with Crippen LogP contribution in [0.5, 0.6) is 0 Å². The Morgan fingerprint density at radius 3 is 2.45 bits per heavy atom. The maximum absolute atomic E-state index is 12.8. The first-order chi connectivity index (χ1) is 14.0. The summed E-state index contributed by atoms with van der Waals surface area (Å²) >= 11 is 1.45. The number of aromatic nitrogens is 1. The number of aryl methyl sites for hydroxylation is 1. The Morgan fingerprint density at radius 2 is 1.76 bits per heavy atom. The van der Waals surface area contributed by atoms with Crippen molar-refractivity contribution in [3.63, 3.8) is 0 Å². The standard InChI is InChI=1S/C23H23N3O2S/c1-14(2)15-8-10-17(11-9-15)24-22(28)18-12-13-19-20(18)25-23(29-19)26-21(27)16-6-4-3-5-7-16/h3-11,14,18H,12-13H2,1-2H3,(H,24,28)(H,25,26,27)/t18-/m0/s1. The van der Waals surface area contributed by atoms with Gasteiger partial charge in [0.2, 0.25) is 5.91 Å². The van der Waals surface area contributed by atoms with Crippen LogP contribution in [-0.4, -0.2) is 16.8 Å². The molecule has 2 amide bonds. The summed E-state index contributed by atoms with van der Waals surface area (Å²) in [5.74, 6) is -0.0679. The van der Waals surface area contributed by atoms with Crippen molar-refractivity contribution in [3.8, 4) is 0 Å². The third-order valence-electron chi connectivity index (χ3n) is 5.14. The molecule has 5 nitrogen and oxygen atoms in total. The number of nitrogens with one attached hydrogen (secondary N) is 2. The summed E-state index contributed by atoms with van der Waals surface area (Å²) < 4.78 is 0. The number of amides is 2. The zero-order valence-corrected chi connectivity index (χ0v) is 17.3. The number of hydrogen-bond acceptors (Lipinski definition) is 4. The van der Waals surface area contributed by atoms with Gasteiger partial charge in [-0.25, -0.2) is 4.98 Å². The third-order valence-corrected chi connectivity index (χ3v) is 6.18. The zero-order valence-electron chi connectivity index (χ0n) is 16.4. The molecule has 0 unspecified atom stereocenters. The number of hydrogen-bond donors (Lipinski definition) is 2. The maximum atomic E-state index is 12.8. The average molecular weight is 406 g/mol. The predicted molar refractivity (Wildman–Crippen MR) is 117 cm³/mol. The third kappa shape index (κ3) is 4.22. The number of benzene rings is 2. The minimum Gasteiger partial charge on any atom is -0.326 e. The van der Waals surface area contributed by atoms with Crippen molar-refractivity contribution >= 4 is 34.0 Å². The monoisotopic (exact) mass is 405 g/mol. The van der Waals surface area contributed by atoms with Crippen LogP contribution in [0.3, 0.4) is 0 Å². The SMILES string of the molecule is CC(C)c1ccc(NC(=O)[C@H]2CCc3sc(NC(=O)c4ccccc4)nc32)cc1. The van der Waals surface area contributed by atoms with E-state index in [0.29, 0.717) is 16.6 Å². The molecule has 1 aliphatic rings. The van der Waals surface area contributed by atoms with E-state index in [1.54, 1.807) is 12.1 Å². The molecule has 0 saturated carbocycles. The van der Waals surface area contributed by atoms with Gasteiger partial charge in [0, 0.05) is 16.1 Å². The number of carbonyl (C=O) groups is 2. The Hall–Kier alpha value is -2.99. The predicted octanol–water partition coefficient (Wildman–Crippen LogP) is 5.19. The molecule has 1 heterocycles. The summed E-state index contributed by atoms with van der Waals surface area (Å²) in [6.07, 6.45) is 1.55. The van der Waals surface area contributed by atoms with Gasteiger partial charge in [0.25, 0.3) is 5.91 Å². The van der Waals surface area contributed by atoms with E-state index >= 15 is 0 Å². The molecule has 0 radical (unpaired) electrons. The molecule has 1 aromatic heterocycles. The van der Waals surface area contributed by atoms with E-state index in [0.717, 1.165) is 29.1 Å². The fourth-order valence-corrected chi connectivity index (χ4v) is 4.51. The Labute approximate surface area is 174 Å². The van der Waals surface area contributed by atoms with Gasteiger partial charge in [0.1, 0.15) is 0 Å². The molecule has 0 aliphatic heterocycles. The van der Waals surface area contributed by atoms with Crippen molar-refractivity contribution in [2.75, 3.05) is 10.6 Å². The highest BCUT2D eigenvalue weighted by Crippen LogP contribution is 2.39. The van der Waals surface area contributed by atoms with Crippen molar-refractivity contribution in [3.05, 3.63) is 76.3 Å². The molecule has 1 atom stereocenters. The molecule has 0 fully saturated rings. The van der Waals surface area contributed by atoms with E-state index in [1.807, 2.05) is 42.5 Å². The van der Waals surface area contributed by atoms with Crippen LogP contribution in [0, 0.1) is 0 Å². The van der Waals surface area contributed by atoms with Crippen LogP contribution < -0.4 is 10.6 Å². The summed E-state index contributed by atoms with van der Waals surface area (Å²) in [4.78, 5) is 30.8. The second-order valence-electron chi connectivity index (χ2n) is 7.50. The lowest BCUT2D eigenvalue weighted by atomic mass is 10.0. The Kier molecular flexibility index (Phi) is 5.45. The Balaban J connectivity index is 1.44. The molecule has 29 heavy (non-hydrogen) atoms. The van der Waals surface area contributed by atoms with Gasteiger partial charge in [-0.1, -0.05) is 44.2 Å². The van der Waals surface area contributed by atoms with Crippen LogP contribution in [0.4, 0.5) is 10.8 Å². The topological polar surface area (TPSA) is 71.1 Å². The highest BCUT2D eigenvalue weighted by Gasteiger charge is 2.33. The van der Waals surface area contributed by atoms with Crippen LogP contribution >= 0.6 is 11.3 Å². The molecule has 3 aromatic rings. The molecule has 1 aliphatic carbocycles. The number of thiazole rings is 1.